The number of hydrogen-bond donors (Lipinski definition) is 0. The zero-order chi connectivity index (χ0) is 33.3. The van der Waals surface area contributed by atoms with Crippen molar-refractivity contribution in [3.8, 4) is 33.6 Å². The van der Waals surface area contributed by atoms with Crippen molar-refractivity contribution in [2.24, 2.45) is 0 Å². The monoisotopic (exact) mass is 662 g/mol. The SMILES string of the molecule is c1ccc2c(c1)-c1ccccc1[Si]21c2ccccc2-c2ccc(-n3c4ccccc4c4cc(-n5c6ccccc6c6ccccc65)ccc43)cc21. The lowest BCUT2D eigenvalue weighted by atomic mass is 10.1. The fourth-order valence-corrected chi connectivity index (χ4v) is 15.4. The fourth-order valence-electron chi connectivity index (χ4n) is 9.80. The van der Waals surface area contributed by atoms with Crippen LogP contribution in [-0.4, -0.2) is 17.2 Å². The lowest BCUT2D eigenvalue weighted by Crippen LogP contribution is -2.70. The number of rotatable bonds is 2. The third kappa shape index (κ3) is 3.37. The van der Waals surface area contributed by atoms with Crippen molar-refractivity contribution >= 4 is 72.4 Å². The zero-order valence-electron chi connectivity index (χ0n) is 27.7. The molecule has 3 heteroatoms. The Morgan fingerprint density at radius 2 is 0.647 bits per heavy atom. The third-order valence-corrected chi connectivity index (χ3v) is 16.7. The molecule has 2 nitrogen and oxygen atoms in total. The highest BCUT2D eigenvalue weighted by Gasteiger charge is 2.53. The molecule has 0 fully saturated rings. The standard InChI is InChI=1S/C48H30N2Si/c1-7-19-41-33(13-1)34-14-2-8-20-42(34)49(41)31-26-28-44-40(29-31)35-15-3-9-21-43(35)50(44)32-25-27-39-38-18-6-12-24-47(38)51(48(39)30-32)45-22-10-4-16-36(45)37-17-5-11-23-46(37)51/h1-30H. The van der Waals surface area contributed by atoms with Crippen molar-refractivity contribution in [2.75, 3.05) is 0 Å². The maximum atomic E-state index is 2.55. The van der Waals surface area contributed by atoms with E-state index in [1.807, 2.05) is 0 Å². The van der Waals surface area contributed by atoms with Crippen LogP contribution >= 0.6 is 0 Å². The molecular weight excluding hydrogens is 633 g/mol. The number of benzene rings is 8. The predicted molar refractivity (Wildman–Crippen MR) is 217 cm³/mol. The maximum Gasteiger partial charge on any atom is 0.182 e. The van der Waals surface area contributed by atoms with Gasteiger partial charge in [0.15, 0.2) is 8.07 Å². The van der Waals surface area contributed by atoms with Crippen LogP contribution in [0.25, 0.3) is 77.2 Å². The summed E-state index contributed by atoms with van der Waals surface area (Å²) in [7, 11) is -2.54. The summed E-state index contributed by atoms with van der Waals surface area (Å²) in [6.07, 6.45) is 0. The highest BCUT2D eigenvalue weighted by Crippen LogP contribution is 2.39. The molecule has 236 valence electrons. The first-order valence-electron chi connectivity index (χ1n) is 17.8. The maximum absolute atomic E-state index is 2.55. The molecule has 51 heavy (non-hydrogen) atoms. The summed E-state index contributed by atoms with van der Waals surface area (Å²) in [5.74, 6) is 0. The van der Waals surface area contributed by atoms with Gasteiger partial charge in [-0.15, -0.1) is 0 Å². The minimum absolute atomic E-state index is 1.18. The van der Waals surface area contributed by atoms with Crippen LogP contribution in [0.3, 0.4) is 0 Å². The van der Waals surface area contributed by atoms with Crippen molar-refractivity contribution in [3.05, 3.63) is 182 Å². The van der Waals surface area contributed by atoms with Crippen LogP contribution in [0.1, 0.15) is 0 Å². The average Bonchev–Trinajstić information content (AvgIpc) is 3.90. The van der Waals surface area contributed by atoms with Gasteiger partial charge in [0.25, 0.3) is 0 Å². The Bertz CT molecular complexity index is 2990. The summed E-state index contributed by atoms with van der Waals surface area (Å²) in [5.41, 5.74) is 12.8. The molecule has 0 saturated heterocycles. The van der Waals surface area contributed by atoms with Gasteiger partial charge in [-0.2, -0.15) is 0 Å². The lowest BCUT2D eigenvalue weighted by molar-refractivity contribution is 1.17. The average molecular weight is 663 g/mol. The quantitative estimate of drug-likeness (QED) is 0.163. The van der Waals surface area contributed by atoms with Crippen molar-refractivity contribution in [2.45, 2.75) is 0 Å². The van der Waals surface area contributed by atoms with Gasteiger partial charge in [-0.3, -0.25) is 0 Å². The molecule has 4 heterocycles. The highest BCUT2D eigenvalue weighted by atomic mass is 28.3. The van der Waals surface area contributed by atoms with E-state index < -0.39 is 8.07 Å². The van der Waals surface area contributed by atoms with E-state index in [0.29, 0.717) is 0 Å². The van der Waals surface area contributed by atoms with Crippen molar-refractivity contribution in [3.63, 3.8) is 0 Å². The number of aromatic nitrogens is 2. The summed E-state index contributed by atoms with van der Waals surface area (Å²) >= 11 is 0. The second-order valence-corrected chi connectivity index (χ2v) is 17.7. The van der Waals surface area contributed by atoms with E-state index in [9.17, 15) is 0 Å². The number of hydrogen-bond acceptors (Lipinski definition) is 0. The van der Waals surface area contributed by atoms with Gasteiger partial charge in [0.2, 0.25) is 0 Å². The Kier molecular flexibility index (Phi) is 5.29. The normalized spacial score (nSPS) is 13.6. The first-order valence-corrected chi connectivity index (χ1v) is 19.8. The van der Waals surface area contributed by atoms with E-state index in [-0.39, 0.29) is 0 Å². The Morgan fingerprint density at radius 1 is 0.275 bits per heavy atom. The van der Waals surface area contributed by atoms with Crippen LogP contribution in [-0.2, 0) is 0 Å². The molecule has 2 aliphatic rings. The van der Waals surface area contributed by atoms with Crippen LogP contribution in [0, 0.1) is 0 Å². The summed E-state index contributed by atoms with van der Waals surface area (Å²) in [5, 5.41) is 11.1. The fraction of sp³-hybridized carbons (Fsp3) is 0. The van der Waals surface area contributed by atoms with Gasteiger partial charge < -0.3 is 9.13 Å². The molecule has 2 aromatic heterocycles. The van der Waals surface area contributed by atoms with Crippen LogP contribution in [0.5, 0.6) is 0 Å². The topological polar surface area (TPSA) is 9.86 Å². The summed E-state index contributed by atoms with van der Waals surface area (Å²) < 4.78 is 4.92. The van der Waals surface area contributed by atoms with Crippen molar-refractivity contribution < 1.29 is 0 Å². The molecule has 0 N–H and O–H groups in total. The Hall–Kier alpha value is -6.42. The van der Waals surface area contributed by atoms with Gasteiger partial charge in [-0.25, -0.2) is 0 Å². The van der Waals surface area contributed by atoms with Gasteiger partial charge in [-0.1, -0.05) is 133 Å². The largest absolute Gasteiger partial charge is 0.309 e. The summed E-state index contributed by atoms with van der Waals surface area (Å²) in [4.78, 5) is 0. The van der Waals surface area contributed by atoms with Gasteiger partial charge >= 0.3 is 0 Å². The molecule has 0 amide bonds. The summed E-state index contributed by atoms with van der Waals surface area (Å²) in [6, 6.07) is 68.4. The predicted octanol–water partition coefficient (Wildman–Crippen LogP) is 9.22. The molecule has 0 unspecified atom stereocenters. The molecule has 12 rings (SSSR count). The van der Waals surface area contributed by atoms with E-state index in [2.05, 4.69) is 191 Å². The molecule has 0 radical (unpaired) electrons. The first kappa shape index (κ1) is 27.4. The highest BCUT2D eigenvalue weighted by molar-refractivity contribution is 7.24. The minimum Gasteiger partial charge on any atom is -0.309 e. The van der Waals surface area contributed by atoms with E-state index in [1.54, 1.807) is 0 Å². The first-order chi connectivity index (χ1) is 25.3. The van der Waals surface area contributed by atoms with E-state index in [4.69, 9.17) is 0 Å². The van der Waals surface area contributed by atoms with Gasteiger partial charge in [0.05, 0.1) is 22.1 Å². The third-order valence-electron chi connectivity index (χ3n) is 11.7. The molecular formula is C48H30N2Si. The summed E-state index contributed by atoms with van der Waals surface area (Å²) in [6.45, 7) is 0. The van der Waals surface area contributed by atoms with E-state index in [1.165, 1.54) is 98.0 Å². The molecule has 1 spiro atoms. The smallest absolute Gasteiger partial charge is 0.182 e. The van der Waals surface area contributed by atoms with Gasteiger partial charge in [0, 0.05) is 32.9 Å². The van der Waals surface area contributed by atoms with Crippen LogP contribution in [0.4, 0.5) is 0 Å². The molecule has 0 bridgehead atoms. The lowest BCUT2D eigenvalue weighted by Gasteiger charge is -2.28. The molecule has 10 aromatic rings. The van der Waals surface area contributed by atoms with Crippen molar-refractivity contribution in [1.29, 1.82) is 0 Å². The van der Waals surface area contributed by atoms with Gasteiger partial charge in [0.1, 0.15) is 0 Å². The molecule has 0 atom stereocenters. The number of fused-ring (bicyclic) bond motifs is 16. The minimum atomic E-state index is -2.54. The van der Waals surface area contributed by atoms with E-state index in [0.717, 1.165) is 0 Å². The Balaban J connectivity index is 1.14. The number of nitrogens with zero attached hydrogens (tertiary/aromatic N) is 2. The molecule has 0 saturated carbocycles. The second kappa shape index (κ2) is 9.84. The second-order valence-electron chi connectivity index (χ2n) is 14.0. The molecule has 8 aromatic carbocycles. The Morgan fingerprint density at radius 3 is 1.18 bits per heavy atom. The van der Waals surface area contributed by atoms with Gasteiger partial charge in [-0.05, 0) is 91.5 Å². The van der Waals surface area contributed by atoms with Crippen LogP contribution in [0.15, 0.2) is 182 Å². The number of para-hydroxylation sites is 3. The molecule has 2 aliphatic heterocycles. The van der Waals surface area contributed by atoms with Crippen molar-refractivity contribution in [1.82, 2.24) is 9.13 Å². The Labute approximate surface area is 296 Å². The zero-order valence-corrected chi connectivity index (χ0v) is 28.7. The van der Waals surface area contributed by atoms with Crippen LogP contribution < -0.4 is 20.7 Å². The molecule has 0 aliphatic carbocycles. The van der Waals surface area contributed by atoms with Crippen LogP contribution in [0.2, 0.25) is 0 Å². The van der Waals surface area contributed by atoms with E-state index >= 15 is 0 Å².